The molecule has 0 fully saturated rings. The summed E-state index contributed by atoms with van der Waals surface area (Å²) in [5.74, 6) is 3.44. The van der Waals surface area contributed by atoms with Gasteiger partial charge < -0.3 is 0 Å². The highest BCUT2D eigenvalue weighted by atomic mass is 32.2. The Labute approximate surface area is 63.6 Å². The van der Waals surface area contributed by atoms with Crippen molar-refractivity contribution in [1.29, 1.82) is 0 Å². The van der Waals surface area contributed by atoms with Crippen molar-refractivity contribution in [3.8, 4) is 12.3 Å². The van der Waals surface area contributed by atoms with Crippen LogP contribution in [0.5, 0.6) is 0 Å². The van der Waals surface area contributed by atoms with Crippen LogP contribution in [-0.4, -0.2) is 20.9 Å². The second kappa shape index (κ2) is 3.96. The van der Waals surface area contributed by atoms with Gasteiger partial charge in [-0.1, -0.05) is 11.8 Å². The van der Waals surface area contributed by atoms with Crippen LogP contribution in [-0.2, 0) is 0 Å². The smallest absolute Gasteiger partial charge is 0.183 e. The van der Waals surface area contributed by atoms with Crippen LogP contribution in [0, 0.1) is 12.3 Å². The SMILES string of the molecule is C#CCCSc1ncn[nH]1. The lowest BCUT2D eigenvalue weighted by Gasteiger charge is -1.88. The number of hydrogen-bond donors (Lipinski definition) is 1. The standard InChI is InChI=1S/C6H7N3S/c1-2-3-4-10-6-7-5-8-9-6/h1,5H,3-4H2,(H,7,8,9). The zero-order valence-corrected chi connectivity index (χ0v) is 6.19. The van der Waals surface area contributed by atoms with Gasteiger partial charge >= 0.3 is 0 Å². The number of H-pyrrole nitrogens is 1. The molecule has 3 nitrogen and oxygen atoms in total. The number of terminal acetylenes is 1. The molecule has 0 saturated carbocycles. The molecule has 0 aromatic carbocycles. The van der Waals surface area contributed by atoms with Gasteiger partial charge in [0.25, 0.3) is 0 Å². The predicted octanol–water partition coefficient (Wildman–Crippen LogP) is 0.920. The first-order valence-corrected chi connectivity index (χ1v) is 3.83. The number of rotatable bonds is 3. The number of nitrogens with zero attached hydrogens (tertiary/aromatic N) is 2. The van der Waals surface area contributed by atoms with Crippen LogP contribution in [0.15, 0.2) is 11.5 Å². The van der Waals surface area contributed by atoms with Gasteiger partial charge in [-0.05, 0) is 0 Å². The number of aromatic amines is 1. The van der Waals surface area contributed by atoms with Gasteiger partial charge in [0, 0.05) is 12.2 Å². The molecule has 0 spiro atoms. The Morgan fingerprint density at radius 1 is 1.80 bits per heavy atom. The van der Waals surface area contributed by atoms with Crippen LogP contribution in [0.25, 0.3) is 0 Å². The van der Waals surface area contributed by atoms with Gasteiger partial charge in [0.05, 0.1) is 0 Å². The van der Waals surface area contributed by atoms with E-state index in [0.717, 1.165) is 17.3 Å². The first-order chi connectivity index (χ1) is 4.93. The van der Waals surface area contributed by atoms with Crippen molar-refractivity contribution in [2.45, 2.75) is 11.6 Å². The lowest BCUT2D eigenvalue weighted by molar-refractivity contribution is 0.972. The molecule has 0 bridgehead atoms. The van der Waals surface area contributed by atoms with E-state index in [1.807, 2.05) is 0 Å². The van der Waals surface area contributed by atoms with E-state index in [9.17, 15) is 0 Å². The van der Waals surface area contributed by atoms with E-state index in [2.05, 4.69) is 21.1 Å². The summed E-state index contributed by atoms with van der Waals surface area (Å²) in [4.78, 5) is 3.92. The number of thioether (sulfide) groups is 1. The molecular formula is C6H7N3S. The van der Waals surface area contributed by atoms with Gasteiger partial charge in [0.15, 0.2) is 5.16 Å². The minimum absolute atomic E-state index is 0.769. The molecule has 0 aliphatic rings. The minimum atomic E-state index is 0.769. The largest absolute Gasteiger partial charge is 0.254 e. The second-order valence-corrected chi connectivity index (χ2v) is 2.68. The van der Waals surface area contributed by atoms with E-state index in [1.54, 1.807) is 11.8 Å². The summed E-state index contributed by atoms with van der Waals surface area (Å²) < 4.78 is 0. The number of nitrogens with one attached hydrogen (secondary N) is 1. The molecule has 0 unspecified atom stereocenters. The summed E-state index contributed by atoms with van der Waals surface area (Å²) in [7, 11) is 0. The quantitative estimate of drug-likeness (QED) is 0.399. The fourth-order valence-electron chi connectivity index (χ4n) is 0.470. The Morgan fingerprint density at radius 2 is 2.70 bits per heavy atom. The van der Waals surface area contributed by atoms with Gasteiger partial charge in [0.2, 0.25) is 0 Å². The summed E-state index contributed by atoms with van der Waals surface area (Å²) in [6, 6.07) is 0. The van der Waals surface area contributed by atoms with E-state index in [-0.39, 0.29) is 0 Å². The first kappa shape index (κ1) is 7.16. The van der Waals surface area contributed by atoms with Crippen LogP contribution >= 0.6 is 11.8 Å². The molecule has 1 N–H and O–H groups in total. The van der Waals surface area contributed by atoms with Gasteiger partial charge in [0.1, 0.15) is 6.33 Å². The average Bonchev–Trinajstić information content (AvgIpc) is 2.41. The maximum Gasteiger partial charge on any atom is 0.183 e. The molecule has 1 aromatic heterocycles. The van der Waals surface area contributed by atoms with Crippen LogP contribution in [0.2, 0.25) is 0 Å². The molecule has 0 saturated heterocycles. The molecule has 0 aliphatic heterocycles. The highest BCUT2D eigenvalue weighted by Gasteiger charge is 1.92. The van der Waals surface area contributed by atoms with E-state index < -0.39 is 0 Å². The molecule has 10 heavy (non-hydrogen) atoms. The van der Waals surface area contributed by atoms with Crippen LogP contribution in [0.1, 0.15) is 6.42 Å². The molecule has 1 heterocycles. The van der Waals surface area contributed by atoms with Gasteiger partial charge in [-0.15, -0.1) is 12.3 Å². The highest BCUT2D eigenvalue weighted by molar-refractivity contribution is 7.99. The summed E-state index contributed by atoms with van der Waals surface area (Å²) in [6.45, 7) is 0. The zero-order chi connectivity index (χ0) is 7.23. The van der Waals surface area contributed by atoms with Crippen molar-refractivity contribution in [1.82, 2.24) is 15.2 Å². The topological polar surface area (TPSA) is 41.6 Å². The maximum absolute atomic E-state index is 5.06. The Bertz CT molecular complexity index is 211. The first-order valence-electron chi connectivity index (χ1n) is 2.85. The van der Waals surface area contributed by atoms with E-state index in [4.69, 9.17) is 6.42 Å². The van der Waals surface area contributed by atoms with E-state index in [1.165, 1.54) is 6.33 Å². The molecule has 52 valence electrons. The van der Waals surface area contributed by atoms with Gasteiger partial charge in [-0.2, -0.15) is 5.10 Å². The third kappa shape index (κ3) is 2.11. The lowest BCUT2D eigenvalue weighted by atomic mass is 10.5. The number of hydrogen-bond acceptors (Lipinski definition) is 3. The Kier molecular flexibility index (Phi) is 2.84. The number of aromatic nitrogens is 3. The third-order valence-electron chi connectivity index (χ3n) is 0.878. The molecule has 0 aliphatic carbocycles. The van der Waals surface area contributed by atoms with Crippen molar-refractivity contribution in [2.75, 3.05) is 5.75 Å². The van der Waals surface area contributed by atoms with E-state index >= 15 is 0 Å². The Hall–Kier alpha value is -0.950. The fraction of sp³-hybridized carbons (Fsp3) is 0.333. The van der Waals surface area contributed by atoms with Gasteiger partial charge in [-0.3, -0.25) is 5.10 Å². The van der Waals surface area contributed by atoms with Crippen molar-refractivity contribution in [3.63, 3.8) is 0 Å². The van der Waals surface area contributed by atoms with Gasteiger partial charge in [-0.25, -0.2) is 4.98 Å². The van der Waals surface area contributed by atoms with Crippen LogP contribution in [0.4, 0.5) is 0 Å². The minimum Gasteiger partial charge on any atom is -0.254 e. The summed E-state index contributed by atoms with van der Waals surface area (Å²) >= 11 is 1.58. The normalized spacial score (nSPS) is 9.10. The molecule has 1 rings (SSSR count). The van der Waals surface area contributed by atoms with Crippen molar-refractivity contribution in [3.05, 3.63) is 6.33 Å². The zero-order valence-electron chi connectivity index (χ0n) is 5.37. The summed E-state index contributed by atoms with van der Waals surface area (Å²) in [6.07, 6.45) is 7.31. The molecule has 0 radical (unpaired) electrons. The van der Waals surface area contributed by atoms with Crippen molar-refractivity contribution in [2.24, 2.45) is 0 Å². The summed E-state index contributed by atoms with van der Waals surface area (Å²) in [5, 5.41) is 7.25. The van der Waals surface area contributed by atoms with E-state index in [0.29, 0.717) is 0 Å². The Balaban J connectivity index is 2.23. The maximum atomic E-state index is 5.06. The van der Waals surface area contributed by atoms with Crippen molar-refractivity contribution < 1.29 is 0 Å². The molecule has 0 amide bonds. The monoisotopic (exact) mass is 153 g/mol. The second-order valence-electron chi connectivity index (χ2n) is 1.59. The molecule has 1 aromatic rings. The molecule has 4 heteroatoms. The summed E-state index contributed by atoms with van der Waals surface area (Å²) in [5.41, 5.74) is 0. The Morgan fingerprint density at radius 3 is 3.30 bits per heavy atom. The lowest BCUT2D eigenvalue weighted by Crippen LogP contribution is -1.78. The average molecular weight is 153 g/mol. The van der Waals surface area contributed by atoms with Crippen molar-refractivity contribution >= 4 is 11.8 Å². The predicted molar refractivity (Wildman–Crippen MR) is 40.6 cm³/mol. The third-order valence-corrected chi connectivity index (χ3v) is 1.76. The fourth-order valence-corrected chi connectivity index (χ4v) is 1.12. The highest BCUT2D eigenvalue weighted by Crippen LogP contribution is 2.10. The van der Waals surface area contributed by atoms with Crippen LogP contribution < -0.4 is 0 Å². The molecular weight excluding hydrogens is 146 g/mol. The molecule has 0 atom stereocenters. The van der Waals surface area contributed by atoms with Crippen LogP contribution in [0.3, 0.4) is 0 Å².